The lowest BCUT2D eigenvalue weighted by molar-refractivity contribution is -0.127. The lowest BCUT2D eigenvalue weighted by atomic mass is 9.92. The fourth-order valence-electron chi connectivity index (χ4n) is 2.98. The molecule has 0 radical (unpaired) electrons. The van der Waals surface area contributed by atoms with E-state index in [1.54, 1.807) is 0 Å². The molecule has 2 bridgehead atoms. The average molecular weight is 224 g/mol. The van der Waals surface area contributed by atoms with Gasteiger partial charge in [-0.15, -0.1) is 0 Å². The van der Waals surface area contributed by atoms with Crippen molar-refractivity contribution < 1.29 is 9.53 Å². The van der Waals surface area contributed by atoms with Gasteiger partial charge in [0.2, 0.25) is 5.91 Å². The number of carbonyl (C=O) groups is 1. The Labute approximate surface area is 95.9 Å². The van der Waals surface area contributed by atoms with E-state index in [0.29, 0.717) is 12.0 Å². The quantitative estimate of drug-likeness (QED) is 0.736. The Hall–Kier alpha value is -0.610. The number of rotatable bonds is 3. The second kappa shape index (κ2) is 3.44. The van der Waals surface area contributed by atoms with Gasteiger partial charge in [0.25, 0.3) is 0 Å². The third kappa shape index (κ3) is 1.64. The largest absolute Gasteiger partial charge is 0.373 e. The van der Waals surface area contributed by atoms with E-state index < -0.39 is 5.54 Å². The molecule has 0 aromatic rings. The normalized spacial score (nSPS) is 40.8. The summed E-state index contributed by atoms with van der Waals surface area (Å²) in [4.78, 5) is 12.1. The number of hydrogen-bond acceptors (Lipinski definition) is 3. The van der Waals surface area contributed by atoms with Crippen LogP contribution in [0.5, 0.6) is 0 Å². The number of carbonyl (C=O) groups excluding carboxylic acids is 1. The van der Waals surface area contributed by atoms with Gasteiger partial charge >= 0.3 is 0 Å². The number of ether oxygens (including phenoxy) is 1. The van der Waals surface area contributed by atoms with Gasteiger partial charge < -0.3 is 15.8 Å². The Bertz CT molecular complexity index is 312. The highest BCUT2D eigenvalue weighted by Crippen LogP contribution is 2.39. The zero-order valence-electron chi connectivity index (χ0n) is 9.74. The fourth-order valence-corrected chi connectivity index (χ4v) is 2.98. The summed E-state index contributed by atoms with van der Waals surface area (Å²) in [6, 6.07) is 0.202. The van der Waals surface area contributed by atoms with Gasteiger partial charge in [0.15, 0.2) is 0 Å². The first kappa shape index (κ1) is 10.5. The lowest BCUT2D eigenvalue weighted by Crippen LogP contribution is -2.57. The number of amides is 1. The molecular formula is C12H20N2O2. The van der Waals surface area contributed by atoms with E-state index in [4.69, 9.17) is 10.5 Å². The molecule has 4 unspecified atom stereocenters. The zero-order chi connectivity index (χ0) is 11.3. The zero-order valence-corrected chi connectivity index (χ0v) is 9.74. The number of hydrogen-bond donors (Lipinski definition) is 2. The molecule has 0 spiro atoms. The van der Waals surface area contributed by atoms with E-state index in [0.717, 1.165) is 32.1 Å². The Morgan fingerprint density at radius 3 is 2.62 bits per heavy atom. The molecule has 16 heavy (non-hydrogen) atoms. The molecule has 4 heteroatoms. The van der Waals surface area contributed by atoms with Crippen LogP contribution >= 0.6 is 0 Å². The number of nitrogens with two attached hydrogens (primary N) is 1. The summed E-state index contributed by atoms with van der Waals surface area (Å²) in [5.74, 6) is 0.392. The van der Waals surface area contributed by atoms with E-state index in [1.165, 1.54) is 0 Å². The van der Waals surface area contributed by atoms with Crippen molar-refractivity contribution >= 4 is 5.91 Å². The van der Waals surface area contributed by atoms with Gasteiger partial charge in [-0.05, 0) is 44.9 Å². The Kier molecular flexibility index (Phi) is 2.27. The molecule has 3 aliphatic rings. The molecule has 3 N–H and O–H groups in total. The predicted molar refractivity (Wildman–Crippen MR) is 59.8 cm³/mol. The first-order valence-electron chi connectivity index (χ1n) is 6.32. The lowest BCUT2D eigenvalue weighted by Gasteiger charge is -2.28. The number of nitrogens with one attached hydrogen (secondary N) is 1. The van der Waals surface area contributed by atoms with Gasteiger partial charge in [0.1, 0.15) is 0 Å². The molecule has 1 aliphatic carbocycles. The summed E-state index contributed by atoms with van der Waals surface area (Å²) < 4.78 is 5.72. The first-order valence-corrected chi connectivity index (χ1v) is 6.32. The SMILES string of the molecule is CC(N)(C(=O)NC1CC2CCC1O2)C1CC1. The van der Waals surface area contributed by atoms with Gasteiger partial charge in [0, 0.05) is 0 Å². The highest BCUT2D eigenvalue weighted by Gasteiger charge is 2.47. The molecule has 2 saturated heterocycles. The van der Waals surface area contributed by atoms with Crippen LogP contribution in [0.3, 0.4) is 0 Å². The van der Waals surface area contributed by atoms with Crippen LogP contribution in [0.15, 0.2) is 0 Å². The van der Waals surface area contributed by atoms with Crippen LogP contribution in [0.4, 0.5) is 0 Å². The Morgan fingerprint density at radius 1 is 1.38 bits per heavy atom. The van der Waals surface area contributed by atoms with Gasteiger partial charge in [-0.25, -0.2) is 0 Å². The molecule has 0 aromatic heterocycles. The molecule has 4 atom stereocenters. The van der Waals surface area contributed by atoms with Gasteiger partial charge in [-0.1, -0.05) is 0 Å². The average Bonchev–Trinajstić information content (AvgIpc) is 2.92. The second-order valence-corrected chi connectivity index (χ2v) is 5.75. The minimum absolute atomic E-state index is 0.0103. The predicted octanol–water partition coefficient (Wildman–Crippen LogP) is 0.550. The van der Waals surface area contributed by atoms with Crippen molar-refractivity contribution in [3.05, 3.63) is 0 Å². The Balaban J connectivity index is 1.60. The highest BCUT2D eigenvalue weighted by molar-refractivity contribution is 5.86. The van der Waals surface area contributed by atoms with Crippen molar-refractivity contribution in [1.29, 1.82) is 0 Å². The monoisotopic (exact) mass is 224 g/mol. The van der Waals surface area contributed by atoms with Crippen molar-refractivity contribution in [2.75, 3.05) is 0 Å². The summed E-state index contributed by atoms with van der Waals surface area (Å²) in [6.07, 6.45) is 6.00. The van der Waals surface area contributed by atoms with Gasteiger partial charge in [0.05, 0.1) is 23.8 Å². The van der Waals surface area contributed by atoms with Crippen molar-refractivity contribution in [3.63, 3.8) is 0 Å². The Morgan fingerprint density at radius 2 is 2.12 bits per heavy atom. The maximum atomic E-state index is 12.1. The van der Waals surface area contributed by atoms with Crippen molar-refractivity contribution in [3.8, 4) is 0 Å². The van der Waals surface area contributed by atoms with Gasteiger partial charge in [-0.3, -0.25) is 4.79 Å². The maximum absolute atomic E-state index is 12.1. The van der Waals surface area contributed by atoms with Crippen LogP contribution in [-0.2, 0) is 9.53 Å². The molecular weight excluding hydrogens is 204 g/mol. The van der Waals surface area contributed by atoms with Crippen molar-refractivity contribution in [2.24, 2.45) is 11.7 Å². The molecule has 0 aromatic carbocycles. The third-order valence-corrected chi connectivity index (χ3v) is 4.34. The smallest absolute Gasteiger partial charge is 0.240 e. The van der Waals surface area contributed by atoms with Crippen LogP contribution in [0.2, 0.25) is 0 Å². The molecule has 1 amide bonds. The van der Waals surface area contributed by atoms with Crippen LogP contribution < -0.4 is 11.1 Å². The van der Waals surface area contributed by atoms with Crippen molar-refractivity contribution in [2.45, 2.75) is 62.8 Å². The van der Waals surface area contributed by atoms with Crippen LogP contribution in [0.1, 0.15) is 39.0 Å². The molecule has 1 saturated carbocycles. The molecule has 90 valence electrons. The molecule has 2 aliphatic heterocycles. The van der Waals surface area contributed by atoms with Crippen LogP contribution in [0.25, 0.3) is 0 Å². The molecule has 4 nitrogen and oxygen atoms in total. The molecule has 2 heterocycles. The minimum atomic E-state index is -0.679. The van der Waals surface area contributed by atoms with Crippen molar-refractivity contribution in [1.82, 2.24) is 5.32 Å². The standard InChI is InChI=1S/C12H20N2O2/c1-12(13,7-2-3-7)11(15)14-9-6-8-4-5-10(9)16-8/h7-10H,2-6,13H2,1H3,(H,14,15). The van der Waals surface area contributed by atoms with E-state index in [-0.39, 0.29) is 18.1 Å². The minimum Gasteiger partial charge on any atom is -0.373 e. The summed E-state index contributed by atoms with van der Waals surface area (Å²) >= 11 is 0. The first-order chi connectivity index (χ1) is 7.57. The summed E-state index contributed by atoms with van der Waals surface area (Å²) in [5.41, 5.74) is 5.41. The van der Waals surface area contributed by atoms with Crippen LogP contribution in [-0.4, -0.2) is 29.7 Å². The highest BCUT2D eigenvalue weighted by atomic mass is 16.5. The summed E-state index contributed by atoms with van der Waals surface area (Å²) in [6.45, 7) is 1.86. The molecule has 3 rings (SSSR count). The van der Waals surface area contributed by atoms with E-state index in [9.17, 15) is 4.79 Å². The molecule has 3 fully saturated rings. The summed E-state index contributed by atoms with van der Waals surface area (Å²) in [5, 5.41) is 3.08. The summed E-state index contributed by atoms with van der Waals surface area (Å²) in [7, 11) is 0. The number of fused-ring (bicyclic) bond motifs is 2. The van der Waals surface area contributed by atoms with Crippen LogP contribution in [0, 0.1) is 5.92 Å². The van der Waals surface area contributed by atoms with E-state index >= 15 is 0 Å². The van der Waals surface area contributed by atoms with E-state index in [2.05, 4.69) is 5.32 Å². The topological polar surface area (TPSA) is 64.4 Å². The van der Waals surface area contributed by atoms with Gasteiger partial charge in [-0.2, -0.15) is 0 Å². The maximum Gasteiger partial charge on any atom is 0.240 e. The third-order valence-electron chi connectivity index (χ3n) is 4.34. The fraction of sp³-hybridized carbons (Fsp3) is 0.917. The second-order valence-electron chi connectivity index (χ2n) is 5.75. The van der Waals surface area contributed by atoms with E-state index in [1.807, 2.05) is 6.92 Å².